The Labute approximate surface area is 166 Å². The highest BCUT2D eigenvalue weighted by Crippen LogP contribution is 2.36. The Morgan fingerprint density at radius 3 is 1.29 bits per heavy atom. The topological polar surface area (TPSA) is 40.2 Å². The van der Waals surface area contributed by atoms with E-state index in [0.29, 0.717) is 13.2 Å². The third-order valence-electron chi connectivity index (χ3n) is 4.31. The molecule has 146 valence electrons. The quantitative estimate of drug-likeness (QED) is 0.478. The largest absolute Gasteiger partial charge is 0.497 e. The lowest BCUT2D eigenvalue weighted by Crippen LogP contribution is -2.10. The van der Waals surface area contributed by atoms with E-state index in [1.807, 2.05) is 72.8 Å². The summed E-state index contributed by atoms with van der Waals surface area (Å²) in [6.07, 6.45) is 0. The first-order chi connectivity index (χ1) is 13.7. The number of hydrogen-bond donors (Lipinski definition) is 0. The minimum atomic E-state index is 0.524. The van der Waals surface area contributed by atoms with Gasteiger partial charge in [-0.1, -0.05) is 0 Å². The van der Waals surface area contributed by atoms with Crippen LogP contribution in [-0.4, -0.2) is 34.5 Å². The van der Waals surface area contributed by atoms with Crippen molar-refractivity contribution in [2.24, 2.45) is 0 Å². The summed E-state index contributed by atoms with van der Waals surface area (Å²) in [6, 6.07) is 23.9. The van der Waals surface area contributed by atoms with Crippen LogP contribution < -0.4 is 19.1 Å². The summed E-state index contributed by atoms with van der Waals surface area (Å²) >= 11 is 0. The Morgan fingerprint density at radius 1 is 0.536 bits per heavy atom. The maximum Gasteiger partial charge on any atom is 0.119 e. The van der Waals surface area contributed by atoms with Crippen molar-refractivity contribution >= 4 is 17.1 Å². The third-order valence-corrected chi connectivity index (χ3v) is 4.31. The SMILES string of the molecule is COCCOc1ccc(N(c2ccc(OC)cc2)c2ccc(OC)cc2)cc1. The monoisotopic (exact) mass is 379 g/mol. The lowest BCUT2D eigenvalue weighted by atomic mass is 10.2. The van der Waals surface area contributed by atoms with Crippen LogP contribution >= 0.6 is 0 Å². The summed E-state index contributed by atoms with van der Waals surface area (Å²) in [5, 5.41) is 0. The van der Waals surface area contributed by atoms with Gasteiger partial charge in [-0.05, 0) is 72.8 Å². The van der Waals surface area contributed by atoms with Crippen LogP contribution in [0.4, 0.5) is 17.1 Å². The summed E-state index contributed by atoms with van der Waals surface area (Å²) in [7, 11) is 4.99. The predicted molar refractivity (Wildman–Crippen MR) is 112 cm³/mol. The first kappa shape index (κ1) is 19.6. The molecule has 3 aromatic carbocycles. The van der Waals surface area contributed by atoms with E-state index < -0.39 is 0 Å². The van der Waals surface area contributed by atoms with Crippen molar-refractivity contribution in [2.75, 3.05) is 39.4 Å². The van der Waals surface area contributed by atoms with Crippen LogP contribution in [0, 0.1) is 0 Å². The molecule has 0 aliphatic carbocycles. The fraction of sp³-hybridized carbons (Fsp3) is 0.217. The van der Waals surface area contributed by atoms with Gasteiger partial charge in [0, 0.05) is 24.2 Å². The number of anilines is 3. The molecule has 0 saturated heterocycles. The lowest BCUT2D eigenvalue weighted by Gasteiger charge is -2.26. The molecule has 0 fully saturated rings. The Balaban J connectivity index is 1.92. The number of benzene rings is 3. The number of methoxy groups -OCH3 is 3. The third kappa shape index (κ3) is 4.75. The molecular weight excluding hydrogens is 354 g/mol. The Bertz CT molecular complexity index is 798. The molecule has 3 rings (SSSR count). The van der Waals surface area contributed by atoms with Crippen molar-refractivity contribution < 1.29 is 18.9 Å². The molecule has 0 bridgehead atoms. The molecule has 0 atom stereocenters. The van der Waals surface area contributed by atoms with E-state index in [4.69, 9.17) is 18.9 Å². The molecular formula is C23H25NO4. The van der Waals surface area contributed by atoms with E-state index in [1.54, 1.807) is 21.3 Å². The predicted octanol–water partition coefficient (Wildman–Crippen LogP) is 5.20. The van der Waals surface area contributed by atoms with Crippen LogP contribution in [0.5, 0.6) is 17.2 Å². The first-order valence-corrected chi connectivity index (χ1v) is 9.05. The average molecular weight is 379 g/mol. The molecule has 5 heteroatoms. The van der Waals surface area contributed by atoms with Crippen LogP contribution in [0.15, 0.2) is 72.8 Å². The maximum atomic E-state index is 5.68. The van der Waals surface area contributed by atoms with Crippen LogP contribution in [0.1, 0.15) is 0 Å². The van der Waals surface area contributed by atoms with Crippen molar-refractivity contribution in [3.05, 3.63) is 72.8 Å². The highest BCUT2D eigenvalue weighted by atomic mass is 16.5. The highest BCUT2D eigenvalue weighted by Gasteiger charge is 2.13. The fourth-order valence-corrected chi connectivity index (χ4v) is 2.84. The van der Waals surface area contributed by atoms with E-state index in [-0.39, 0.29) is 0 Å². The Kier molecular flexibility index (Phi) is 6.76. The first-order valence-electron chi connectivity index (χ1n) is 9.05. The van der Waals surface area contributed by atoms with Crippen LogP contribution in [0.3, 0.4) is 0 Å². The Hall–Kier alpha value is -3.18. The molecule has 0 spiro atoms. The molecule has 28 heavy (non-hydrogen) atoms. The van der Waals surface area contributed by atoms with E-state index >= 15 is 0 Å². The van der Waals surface area contributed by atoms with Gasteiger partial charge in [-0.25, -0.2) is 0 Å². The second-order valence-corrected chi connectivity index (χ2v) is 6.07. The van der Waals surface area contributed by atoms with Crippen molar-refractivity contribution in [3.8, 4) is 17.2 Å². The molecule has 5 nitrogen and oxygen atoms in total. The summed E-state index contributed by atoms with van der Waals surface area (Å²) in [4.78, 5) is 2.16. The van der Waals surface area contributed by atoms with Gasteiger partial charge in [-0.2, -0.15) is 0 Å². The van der Waals surface area contributed by atoms with Gasteiger partial charge in [0.1, 0.15) is 23.9 Å². The molecule has 0 saturated carbocycles. The van der Waals surface area contributed by atoms with E-state index in [2.05, 4.69) is 4.90 Å². The number of ether oxygens (including phenoxy) is 4. The summed E-state index contributed by atoms with van der Waals surface area (Å²) in [5.74, 6) is 2.45. The van der Waals surface area contributed by atoms with Crippen LogP contribution in [0.2, 0.25) is 0 Å². The van der Waals surface area contributed by atoms with Gasteiger partial charge in [0.05, 0.1) is 20.8 Å². The molecule has 0 radical (unpaired) electrons. The van der Waals surface area contributed by atoms with Crippen molar-refractivity contribution in [1.82, 2.24) is 0 Å². The average Bonchev–Trinajstić information content (AvgIpc) is 2.76. The van der Waals surface area contributed by atoms with Gasteiger partial charge in [-0.15, -0.1) is 0 Å². The molecule has 0 N–H and O–H groups in total. The highest BCUT2D eigenvalue weighted by molar-refractivity contribution is 5.77. The van der Waals surface area contributed by atoms with Crippen LogP contribution in [0.25, 0.3) is 0 Å². The zero-order valence-corrected chi connectivity index (χ0v) is 16.4. The number of rotatable bonds is 9. The van der Waals surface area contributed by atoms with Gasteiger partial charge < -0.3 is 23.8 Å². The Morgan fingerprint density at radius 2 is 0.929 bits per heavy atom. The standard InChI is InChI=1S/C23H25NO4/c1-25-16-17-28-23-14-8-20(9-15-23)24(18-4-10-21(26-2)11-5-18)19-6-12-22(27-3)13-7-19/h4-15H,16-17H2,1-3H3. The number of hydrogen-bond acceptors (Lipinski definition) is 5. The molecule has 0 aliphatic rings. The molecule has 3 aromatic rings. The van der Waals surface area contributed by atoms with Crippen molar-refractivity contribution in [2.45, 2.75) is 0 Å². The zero-order chi connectivity index (χ0) is 19.8. The molecule has 0 aliphatic heterocycles. The minimum Gasteiger partial charge on any atom is -0.497 e. The second kappa shape index (κ2) is 9.67. The minimum absolute atomic E-state index is 0.524. The van der Waals surface area contributed by atoms with E-state index in [9.17, 15) is 0 Å². The van der Waals surface area contributed by atoms with Crippen molar-refractivity contribution in [1.29, 1.82) is 0 Å². The normalized spacial score (nSPS) is 10.4. The molecule has 0 unspecified atom stereocenters. The summed E-state index contributed by atoms with van der Waals surface area (Å²) < 4.78 is 21.3. The zero-order valence-electron chi connectivity index (χ0n) is 16.4. The summed E-state index contributed by atoms with van der Waals surface area (Å²) in [6.45, 7) is 1.09. The summed E-state index contributed by atoms with van der Waals surface area (Å²) in [5.41, 5.74) is 3.08. The van der Waals surface area contributed by atoms with Gasteiger partial charge in [0.25, 0.3) is 0 Å². The van der Waals surface area contributed by atoms with Crippen LogP contribution in [-0.2, 0) is 4.74 Å². The molecule has 0 heterocycles. The molecule has 0 aromatic heterocycles. The van der Waals surface area contributed by atoms with Crippen molar-refractivity contribution in [3.63, 3.8) is 0 Å². The van der Waals surface area contributed by atoms with Gasteiger partial charge in [0.15, 0.2) is 0 Å². The lowest BCUT2D eigenvalue weighted by molar-refractivity contribution is 0.146. The van der Waals surface area contributed by atoms with Gasteiger partial charge >= 0.3 is 0 Å². The molecule has 0 amide bonds. The van der Waals surface area contributed by atoms with E-state index in [1.165, 1.54) is 0 Å². The smallest absolute Gasteiger partial charge is 0.119 e. The van der Waals surface area contributed by atoms with Gasteiger partial charge in [0.2, 0.25) is 0 Å². The second-order valence-electron chi connectivity index (χ2n) is 6.07. The fourth-order valence-electron chi connectivity index (χ4n) is 2.84. The maximum absolute atomic E-state index is 5.68. The van der Waals surface area contributed by atoms with E-state index in [0.717, 1.165) is 34.3 Å². The van der Waals surface area contributed by atoms with Gasteiger partial charge in [-0.3, -0.25) is 0 Å². The number of nitrogens with zero attached hydrogens (tertiary/aromatic N) is 1.